The largest absolute Gasteiger partial charge is 0.445 e. The van der Waals surface area contributed by atoms with Crippen LogP contribution in [-0.2, 0) is 6.18 Å². The van der Waals surface area contributed by atoms with Gasteiger partial charge in [-0.15, -0.1) is 10.2 Å². The number of anilines is 1. The quantitative estimate of drug-likeness (QED) is 0.842. The third-order valence-corrected chi connectivity index (χ3v) is 4.27. The summed E-state index contributed by atoms with van der Waals surface area (Å²) in [5.74, 6) is 0.0701. The third-order valence-electron chi connectivity index (χ3n) is 3.37. The van der Waals surface area contributed by atoms with E-state index in [1.54, 1.807) is 0 Å². The molecule has 0 aliphatic heterocycles. The number of aromatic nitrogens is 2. The number of nitrogens with zero attached hydrogens (tertiary/aromatic N) is 2. The average molecular weight is 295 g/mol. The van der Waals surface area contributed by atoms with Crippen LogP contribution in [0.2, 0.25) is 0 Å². The highest BCUT2D eigenvalue weighted by Gasteiger charge is 2.36. The van der Waals surface area contributed by atoms with Gasteiger partial charge in [-0.1, -0.05) is 30.6 Å². The molecular formula is C11H16F3N3OS. The SMILES string of the molecule is OCC1CCCCCC1Nc1nnc(C(F)(F)F)s1. The fourth-order valence-electron chi connectivity index (χ4n) is 2.35. The number of nitrogens with one attached hydrogen (secondary N) is 1. The van der Waals surface area contributed by atoms with Crippen LogP contribution in [0.15, 0.2) is 0 Å². The lowest BCUT2D eigenvalue weighted by Gasteiger charge is -2.23. The summed E-state index contributed by atoms with van der Waals surface area (Å²) in [7, 11) is 0. The van der Waals surface area contributed by atoms with Crippen molar-refractivity contribution in [3.8, 4) is 0 Å². The molecule has 2 atom stereocenters. The summed E-state index contributed by atoms with van der Waals surface area (Å²) in [6.07, 6.45) is 0.438. The summed E-state index contributed by atoms with van der Waals surface area (Å²) in [6, 6.07) is -0.0264. The minimum atomic E-state index is -4.45. The number of alkyl halides is 3. The summed E-state index contributed by atoms with van der Waals surface area (Å²) in [5.41, 5.74) is 0. The highest BCUT2D eigenvalue weighted by Crippen LogP contribution is 2.34. The molecule has 1 heterocycles. The third kappa shape index (κ3) is 3.79. The van der Waals surface area contributed by atoms with Gasteiger partial charge < -0.3 is 10.4 Å². The molecule has 0 aromatic carbocycles. The Morgan fingerprint density at radius 3 is 2.58 bits per heavy atom. The molecule has 2 unspecified atom stereocenters. The number of hydrogen-bond donors (Lipinski definition) is 2. The van der Waals surface area contributed by atoms with Crippen molar-refractivity contribution in [1.29, 1.82) is 0 Å². The van der Waals surface area contributed by atoms with Crippen LogP contribution in [0.1, 0.15) is 37.1 Å². The molecule has 1 aromatic rings. The molecule has 108 valence electrons. The Hall–Kier alpha value is -0.890. The van der Waals surface area contributed by atoms with E-state index in [1.807, 2.05) is 0 Å². The van der Waals surface area contributed by atoms with Gasteiger partial charge >= 0.3 is 6.18 Å². The van der Waals surface area contributed by atoms with Gasteiger partial charge in [0, 0.05) is 18.6 Å². The van der Waals surface area contributed by atoms with E-state index in [-0.39, 0.29) is 23.7 Å². The molecule has 1 aromatic heterocycles. The molecule has 2 rings (SSSR count). The Morgan fingerprint density at radius 2 is 1.95 bits per heavy atom. The Morgan fingerprint density at radius 1 is 1.21 bits per heavy atom. The Kier molecular flexibility index (Phi) is 4.62. The molecule has 1 aliphatic rings. The van der Waals surface area contributed by atoms with Gasteiger partial charge in [0.15, 0.2) is 0 Å². The summed E-state index contributed by atoms with van der Waals surface area (Å²) in [4.78, 5) is 0. The first-order chi connectivity index (χ1) is 9.00. The number of aliphatic hydroxyl groups is 1. The van der Waals surface area contributed by atoms with Gasteiger partial charge in [0.1, 0.15) is 0 Å². The molecule has 2 N–H and O–H groups in total. The van der Waals surface area contributed by atoms with Gasteiger partial charge in [-0.3, -0.25) is 0 Å². The monoisotopic (exact) mass is 295 g/mol. The second-order valence-corrected chi connectivity index (χ2v) is 5.72. The zero-order chi connectivity index (χ0) is 13.9. The number of aliphatic hydroxyl groups excluding tert-OH is 1. The second-order valence-electron chi connectivity index (χ2n) is 4.74. The molecule has 0 amide bonds. The lowest BCUT2D eigenvalue weighted by molar-refractivity contribution is -0.138. The van der Waals surface area contributed by atoms with Crippen molar-refractivity contribution in [1.82, 2.24) is 10.2 Å². The van der Waals surface area contributed by atoms with Crippen LogP contribution in [0.5, 0.6) is 0 Å². The molecular weight excluding hydrogens is 279 g/mol. The van der Waals surface area contributed by atoms with Gasteiger partial charge in [-0.2, -0.15) is 13.2 Å². The van der Waals surface area contributed by atoms with Crippen molar-refractivity contribution in [3.05, 3.63) is 5.01 Å². The van der Waals surface area contributed by atoms with E-state index in [4.69, 9.17) is 0 Å². The summed E-state index contributed by atoms with van der Waals surface area (Å²) in [6.45, 7) is 0.0442. The van der Waals surface area contributed by atoms with Crippen molar-refractivity contribution in [2.45, 2.75) is 44.3 Å². The molecule has 1 saturated carbocycles. The molecule has 4 nitrogen and oxygen atoms in total. The van der Waals surface area contributed by atoms with E-state index in [9.17, 15) is 18.3 Å². The molecule has 1 fully saturated rings. The van der Waals surface area contributed by atoms with Crippen molar-refractivity contribution in [3.63, 3.8) is 0 Å². The first-order valence-corrected chi connectivity index (χ1v) is 7.10. The van der Waals surface area contributed by atoms with Gasteiger partial charge in [-0.05, 0) is 12.8 Å². The molecule has 0 radical (unpaired) electrons. The first-order valence-electron chi connectivity index (χ1n) is 6.29. The Labute approximate surface area is 113 Å². The highest BCUT2D eigenvalue weighted by molar-refractivity contribution is 7.15. The lowest BCUT2D eigenvalue weighted by Crippen LogP contribution is -2.30. The maximum atomic E-state index is 12.4. The van der Waals surface area contributed by atoms with Gasteiger partial charge in [0.25, 0.3) is 0 Å². The second kappa shape index (κ2) is 6.04. The van der Waals surface area contributed by atoms with E-state index in [0.717, 1.165) is 32.1 Å². The standard InChI is InChI=1S/C11H16F3N3OS/c12-11(13,14)9-16-17-10(19-9)15-8-5-3-1-2-4-7(8)6-18/h7-8,18H,1-6H2,(H,15,17). The fourth-order valence-corrected chi connectivity index (χ4v) is 3.02. The van der Waals surface area contributed by atoms with Crippen LogP contribution in [-0.4, -0.2) is 28.0 Å². The highest BCUT2D eigenvalue weighted by atomic mass is 32.1. The zero-order valence-electron chi connectivity index (χ0n) is 10.3. The van der Waals surface area contributed by atoms with Crippen LogP contribution >= 0.6 is 11.3 Å². The number of rotatable bonds is 3. The maximum absolute atomic E-state index is 12.4. The van der Waals surface area contributed by atoms with Crippen LogP contribution in [0.3, 0.4) is 0 Å². The molecule has 0 saturated heterocycles. The first kappa shape index (κ1) is 14.5. The molecule has 0 spiro atoms. The van der Waals surface area contributed by atoms with Gasteiger partial charge in [0.2, 0.25) is 10.1 Å². The topological polar surface area (TPSA) is 58.0 Å². The predicted molar refractivity (Wildman–Crippen MR) is 66.0 cm³/mol. The number of halogens is 3. The Balaban J connectivity index is 2.04. The van der Waals surface area contributed by atoms with E-state index in [1.165, 1.54) is 0 Å². The summed E-state index contributed by atoms with van der Waals surface area (Å²) >= 11 is 0.513. The van der Waals surface area contributed by atoms with E-state index in [0.29, 0.717) is 11.3 Å². The molecule has 19 heavy (non-hydrogen) atoms. The van der Waals surface area contributed by atoms with Crippen LogP contribution in [0.25, 0.3) is 0 Å². The number of hydrogen-bond acceptors (Lipinski definition) is 5. The molecule has 8 heteroatoms. The maximum Gasteiger partial charge on any atom is 0.445 e. The van der Waals surface area contributed by atoms with E-state index in [2.05, 4.69) is 15.5 Å². The zero-order valence-corrected chi connectivity index (χ0v) is 11.1. The summed E-state index contributed by atoms with van der Waals surface area (Å²) in [5, 5.41) is 18.3. The van der Waals surface area contributed by atoms with Crippen LogP contribution in [0.4, 0.5) is 18.3 Å². The molecule has 0 bridgehead atoms. The summed E-state index contributed by atoms with van der Waals surface area (Å²) < 4.78 is 37.3. The minimum absolute atomic E-state index is 0.0264. The van der Waals surface area contributed by atoms with Crippen molar-refractivity contribution < 1.29 is 18.3 Å². The van der Waals surface area contributed by atoms with Gasteiger partial charge in [-0.25, -0.2) is 0 Å². The lowest BCUT2D eigenvalue weighted by atomic mass is 9.96. The molecule has 1 aliphatic carbocycles. The van der Waals surface area contributed by atoms with Crippen molar-refractivity contribution >= 4 is 16.5 Å². The van der Waals surface area contributed by atoms with Crippen molar-refractivity contribution in [2.75, 3.05) is 11.9 Å². The Bertz CT molecular complexity index is 410. The van der Waals surface area contributed by atoms with Gasteiger partial charge in [0.05, 0.1) is 0 Å². The predicted octanol–water partition coefficient (Wildman–Crippen LogP) is 2.91. The van der Waals surface area contributed by atoms with E-state index < -0.39 is 11.2 Å². The van der Waals surface area contributed by atoms with Crippen LogP contribution in [0, 0.1) is 5.92 Å². The minimum Gasteiger partial charge on any atom is -0.396 e. The van der Waals surface area contributed by atoms with Crippen LogP contribution < -0.4 is 5.32 Å². The van der Waals surface area contributed by atoms with E-state index >= 15 is 0 Å². The average Bonchev–Trinajstić information content (AvgIpc) is 2.70. The normalized spacial score (nSPS) is 25.1. The fraction of sp³-hybridized carbons (Fsp3) is 0.818. The smallest absolute Gasteiger partial charge is 0.396 e. The van der Waals surface area contributed by atoms with Crippen molar-refractivity contribution in [2.24, 2.45) is 5.92 Å².